The predicted octanol–water partition coefficient (Wildman–Crippen LogP) is 5.47. The van der Waals surface area contributed by atoms with Crippen molar-refractivity contribution in [3.05, 3.63) is 84.2 Å². The molecule has 0 fully saturated rings. The zero-order valence-electron chi connectivity index (χ0n) is 11.3. The third-order valence-corrected chi connectivity index (χ3v) is 3.47. The van der Waals surface area contributed by atoms with Crippen molar-refractivity contribution in [3.8, 4) is 22.3 Å². The fourth-order valence-electron chi connectivity index (χ4n) is 2.45. The summed E-state index contributed by atoms with van der Waals surface area (Å²) in [6, 6.07) is 23.3. The third kappa shape index (κ3) is 2.48. The first kappa shape index (κ1) is 12.6. The molecule has 0 aliphatic rings. The highest BCUT2D eigenvalue weighted by molar-refractivity contribution is 5.73. The van der Waals surface area contributed by atoms with Crippen molar-refractivity contribution in [1.29, 1.82) is 0 Å². The van der Waals surface area contributed by atoms with Gasteiger partial charge in [-0.2, -0.15) is 0 Å². The van der Waals surface area contributed by atoms with Crippen LogP contribution in [0.4, 0.5) is 4.39 Å². The molecule has 0 heterocycles. The van der Waals surface area contributed by atoms with E-state index in [1.165, 1.54) is 17.2 Å². The van der Waals surface area contributed by atoms with Crippen molar-refractivity contribution >= 4 is 0 Å². The van der Waals surface area contributed by atoms with E-state index < -0.39 is 0 Å². The van der Waals surface area contributed by atoms with E-state index in [1.54, 1.807) is 12.1 Å². The first-order valence-corrected chi connectivity index (χ1v) is 6.66. The number of hydrogen-bond acceptors (Lipinski definition) is 0. The zero-order chi connectivity index (χ0) is 13.9. The van der Waals surface area contributed by atoms with Gasteiger partial charge in [0, 0.05) is 0 Å². The summed E-state index contributed by atoms with van der Waals surface area (Å²) in [4.78, 5) is 0. The maximum Gasteiger partial charge on any atom is 0.123 e. The number of benzene rings is 3. The van der Waals surface area contributed by atoms with E-state index in [1.807, 2.05) is 24.3 Å². The number of halogens is 1. The van der Waals surface area contributed by atoms with Gasteiger partial charge in [-0.15, -0.1) is 0 Å². The quantitative estimate of drug-likeness (QED) is 0.574. The molecular formula is C19H15F. The highest BCUT2D eigenvalue weighted by atomic mass is 19.1. The second-order valence-electron chi connectivity index (χ2n) is 4.91. The Balaban J connectivity index is 2.04. The van der Waals surface area contributed by atoms with Gasteiger partial charge in [0.05, 0.1) is 0 Å². The van der Waals surface area contributed by atoms with E-state index in [-0.39, 0.29) is 5.82 Å². The minimum absolute atomic E-state index is 0.200. The molecule has 0 atom stereocenters. The maximum atomic E-state index is 13.3. The largest absolute Gasteiger partial charge is 0.207 e. The summed E-state index contributed by atoms with van der Waals surface area (Å²) in [6.07, 6.45) is 0. The van der Waals surface area contributed by atoms with Crippen LogP contribution in [0.15, 0.2) is 72.8 Å². The van der Waals surface area contributed by atoms with Crippen molar-refractivity contribution in [3.63, 3.8) is 0 Å². The molecule has 3 aromatic rings. The predicted molar refractivity (Wildman–Crippen MR) is 82.0 cm³/mol. The van der Waals surface area contributed by atoms with E-state index in [0.29, 0.717) is 0 Å². The van der Waals surface area contributed by atoms with E-state index in [4.69, 9.17) is 0 Å². The molecule has 1 heteroatoms. The Labute approximate surface area is 118 Å². The van der Waals surface area contributed by atoms with Crippen LogP contribution in [0.5, 0.6) is 0 Å². The Bertz CT molecular complexity index is 730. The van der Waals surface area contributed by atoms with Gasteiger partial charge >= 0.3 is 0 Å². The van der Waals surface area contributed by atoms with E-state index in [9.17, 15) is 4.39 Å². The summed E-state index contributed by atoms with van der Waals surface area (Å²) in [5, 5.41) is 0. The summed E-state index contributed by atoms with van der Waals surface area (Å²) in [5.74, 6) is -0.200. The molecule has 0 amide bonds. The fourth-order valence-corrected chi connectivity index (χ4v) is 2.45. The Hall–Kier alpha value is -2.41. The summed E-state index contributed by atoms with van der Waals surface area (Å²) in [7, 11) is 0. The minimum atomic E-state index is -0.200. The lowest BCUT2D eigenvalue weighted by Gasteiger charge is -2.09. The molecule has 0 aromatic heterocycles. The zero-order valence-corrected chi connectivity index (χ0v) is 11.3. The van der Waals surface area contributed by atoms with Crippen LogP contribution in [0.1, 0.15) is 5.56 Å². The van der Waals surface area contributed by atoms with Crippen LogP contribution in [0.2, 0.25) is 0 Å². The van der Waals surface area contributed by atoms with Crippen LogP contribution < -0.4 is 0 Å². The molecule has 0 radical (unpaired) electrons. The Morgan fingerprint density at radius 2 is 1.40 bits per heavy atom. The molecule has 98 valence electrons. The van der Waals surface area contributed by atoms with Crippen molar-refractivity contribution in [2.45, 2.75) is 6.92 Å². The average molecular weight is 262 g/mol. The highest BCUT2D eigenvalue weighted by Crippen LogP contribution is 2.28. The van der Waals surface area contributed by atoms with Crippen molar-refractivity contribution in [2.75, 3.05) is 0 Å². The minimum Gasteiger partial charge on any atom is -0.207 e. The summed E-state index contributed by atoms with van der Waals surface area (Å²) in [6.45, 7) is 2.06. The third-order valence-electron chi connectivity index (χ3n) is 3.47. The van der Waals surface area contributed by atoms with Gasteiger partial charge in [-0.05, 0) is 46.9 Å². The van der Waals surface area contributed by atoms with Gasteiger partial charge in [0.15, 0.2) is 0 Å². The summed E-state index contributed by atoms with van der Waals surface area (Å²) in [5.41, 5.74) is 5.52. The van der Waals surface area contributed by atoms with Crippen LogP contribution in [-0.4, -0.2) is 0 Å². The smallest absolute Gasteiger partial charge is 0.123 e. The molecular weight excluding hydrogens is 247 g/mol. The van der Waals surface area contributed by atoms with Gasteiger partial charge in [0.25, 0.3) is 0 Å². The van der Waals surface area contributed by atoms with Gasteiger partial charge in [0.2, 0.25) is 0 Å². The lowest BCUT2D eigenvalue weighted by Crippen LogP contribution is -1.86. The highest BCUT2D eigenvalue weighted by Gasteiger charge is 2.05. The standard InChI is InChI=1S/C19H15F/c1-14-12-16(15-6-3-2-4-7-15)10-11-19(14)17-8-5-9-18(20)13-17/h2-13H,1H3. The summed E-state index contributed by atoms with van der Waals surface area (Å²) >= 11 is 0. The van der Waals surface area contributed by atoms with Crippen molar-refractivity contribution in [1.82, 2.24) is 0 Å². The second-order valence-corrected chi connectivity index (χ2v) is 4.91. The topological polar surface area (TPSA) is 0 Å². The molecule has 0 aliphatic heterocycles. The molecule has 0 saturated carbocycles. The Morgan fingerprint density at radius 3 is 2.10 bits per heavy atom. The first-order chi connectivity index (χ1) is 9.74. The molecule has 0 unspecified atom stereocenters. The molecule has 0 aliphatic carbocycles. The molecule has 0 N–H and O–H groups in total. The van der Waals surface area contributed by atoms with Crippen molar-refractivity contribution in [2.24, 2.45) is 0 Å². The number of aryl methyl sites for hydroxylation is 1. The van der Waals surface area contributed by atoms with E-state index in [2.05, 4.69) is 37.3 Å². The monoisotopic (exact) mass is 262 g/mol. The van der Waals surface area contributed by atoms with Crippen LogP contribution >= 0.6 is 0 Å². The van der Waals surface area contributed by atoms with Crippen LogP contribution in [-0.2, 0) is 0 Å². The number of hydrogen-bond donors (Lipinski definition) is 0. The summed E-state index contributed by atoms with van der Waals surface area (Å²) < 4.78 is 13.3. The fraction of sp³-hybridized carbons (Fsp3) is 0.0526. The van der Waals surface area contributed by atoms with E-state index in [0.717, 1.165) is 16.7 Å². The van der Waals surface area contributed by atoms with Crippen molar-refractivity contribution < 1.29 is 4.39 Å². The van der Waals surface area contributed by atoms with Gasteiger partial charge in [-0.25, -0.2) is 4.39 Å². The van der Waals surface area contributed by atoms with Gasteiger partial charge < -0.3 is 0 Å². The van der Waals surface area contributed by atoms with Crippen LogP contribution in [0.25, 0.3) is 22.3 Å². The van der Waals surface area contributed by atoms with Gasteiger partial charge in [-0.3, -0.25) is 0 Å². The molecule has 0 nitrogen and oxygen atoms in total. The molecule has 0 saturated heterocycles. The van der Waals surface area contributed by atoms with Crippen LogP contribution in [0, 0.1) is 12.7 Å². The van der Waals surface area contributed by atoms with Crippen LogP contribution in [0.3, 0.4) is 0 Å². The molecule has 3 aromatic carbocycles. The molecule has 20 heavy (non-hydrogen) atoms. The molecule has 0 spiro atoms. The lowest BCUT2D eigenvalue weighted by atomic mass is 9.96. The number of rotatable bonds is 2. The van der Waals surface area contributed by atoms with Gasteiger partial charge in [-0.1, -0.05) is 60.7 Å². The first-order valence-electron chi connectivity index (χ1n) is 6.66. The van der Waals surface area contributed by atoms with E-state index >= 15 is 0 Å². The Kier molecular flexibility index (Phi) is 3.34. The maximum absolute atomic E-state index is 13.3. The average Bonchev–Trinajstić information content (AvgIpc) is 2.48. The Morgan fingerprint density at radius 1 is 0.650 bits per heavy atom. The molecule has 3 rings (SSSR count). The molecule has 0 bridgehead atoms. The second kappa shape index (κ2) is 5.30. The van der Waals surface area contributed by atoms with Gasteiger partial charge in [0.1, 0.15) is 5.82 Å². The SMILES string of the molecule is Cc1cc(-c2ccccc2)ccc1-c1cccc(F)c1. The normalized spacial score (nSPS) is 10.5. The lowest BCUT2D eigenvalue weighted by molar-refractivity contribution is 0.628.